The molecule has 1 aliphatic heterocycles. The molecule has 0 aliphatic carbocycles. The van der Waals surface area contributed by atoms with Crippen molar-refractivity contribution in [2.75, 3.05) is 26.0 Å². The monoisotopic (exact) mass is 359 g/mol. The summed E-state index contributed by atoms with van der Waals surface area (Å²) < 4.78 is 29.7. The summed E-state index contributed by atoms with van der Waals surface area (Å²) in [7, 11) is -1.87. The molecule has 1 heterocycles. The second kappa shape index (κ2) is 8.46. The summed E-state index contributed by atoms with van der Waals surface area (Å²) in [4.78, 5) is 5.02. The Bertz CT molecular complexity index is 592. The molecule has 2 N–H and O–H groups in total. The molecule has 0 aromatic heterocycles. The average Bonchev–Trinajstić information content (AvgIpc) is 2.87. The van der Waals surface area contributed by atoms with Crippen molar-refractivity contribution in [1.82, 2.24) is 15.2 Å². The lowest BCUT2D eigenvalue weighted by molar-refractivity contribution is 0.149. The topological polar surface area (TPSA) is 70.7 Å². The van der Waals surface area contributed by atoms with E-state index < -0.39 is 10.0 Å². The molecule has 0 saturated carbocycles. The fraction of sp³-hybridized carbons (Fsp3) is 0.600. The molecule has 1 aromatic carbocycles. The maximum absolute atomic E-state index is 12.3. The molecule has 0 spiro atoms. The highest BCUT2D eigenvalue weighted by Gasteiger charge is 2.31. The minimum Gasteiger partial charge on any atom is -0.385 e. The highest BCUT2D eigenvalue weighted by Crippen LogP contribution is 2.26. The summed E-state index contributed by atoms with van der Waals surface area (Å²) in [6, 6.07) is 7.20. The Kier molecular flexibility index (Phi) is 6.87. The van der Waals surface area contributed by atoms with Crippen LogP contribution in [-0.4, -0.2) is 50.9 Å². The van der Waals surface area contributed by atoms with E-state index in [0.29, 0.717) is 12.6 Å². The van der Waals surface area contributed by atoms with Crippen molar-refractivity contribution < 1.29 is 13.2 Å². The number of nitrogens with zero attached hydrogens (tertiary/aromatic N) is 1. The lowest BCUT2D eigenvalue weighted by atomic mass is 10.2. The van der Waals surface area contributed by atoms with E-state index in [0.717, 1.165) is 24.3 Å². The quantitative estimate of drug-likeness (QED) is 0.542. The van der Waals surface area contributed by atoms with Crippen LogP contribution < -0.4 is 10.3 Å². The van der Waals surface area contributed by atoms with E-state index in [4.69, 9.17) is 4.74 Å². The maximum atomic E-state index is 12.3. The molecule has 6 nitrogen and oxygen atoms in total. The largest absolute Gasteiger partial charge is 0.385 e. The van der Waals surface area contributed by atoms with Gasteiger partial charge in [0.1, 0.15) is 5.50 Å². The third-order valence-electron chi connectivity index (χ3n) is 3.78. The van der Waals surface area contributed by atoms with Crippen LogP contribution in [0, 0.1) is 6.92 Å². The van der Waals surface area contributed by atoms with E-state index in [1.165, 1.54) is 0 Å². The molecular formula is C15H25N3O3S2. The van der Waals surface area contributed by atoms with E-state index in [1.54, 1.807) is 43.1 Å². The van der Waals surface area contributed by atoms with Gasteiger partial charge in [-0.1, -0.05) is 17.7 Å². The summed E-state index contributed by atoms with van der Waals surface area (Å²) in [6.07, 6.45) is 0.921. The Morgan fingerprint density at radius 1 is 1.35 bits per heavy atom. The van der Waals surface area contributed by atoms with E-state index >= 15 is 0 Å². The van der Waals surface area contributed by atoms with Gasteiger partial charge in [-0.25, -0.2) is 13.8 Å². The molecule has 0 radical (unpaired) electrons. The van der Waals surface area contributed by atoms with Crippen LogP contribution >= 0.6 is 11.8 Å². The minimum atomic E-state index is -3.56. The Morgan fingerprint density at radius 3 is 2.70 bits per heavy atom. The summed E-state index contributed by atoms with van der Waals surface area (Å²) in [5.74, 6) is 0.969. The van der Waals surface area contributed by atoms with Crippen LogP contribution in [0.15, 0.2) is 29.2 Å². The molecule has 1 fully saturated rings. The Labute approximate surface area is 143 Å². The normalized spacial score (nSPS) is 22.6. The zero-order valence-electron chi connectivity index (χ0n) is 13.8. The number of rotatable bonds is 8. The maximum Gasteiger partial charge on any atom is 0.253 e. The minimum absolute atomic E-state index is 0.0675. The zero-order chi connectivity index (χ0) is 16.9. The van der Waals surface area contributed by atoms with Gasteiger partial charge in [-0.3, -0.25) is 4.90 Å². The molecular weight excluding hydrogens is 334 g/mol. The van der Waals surface area contributed by atoms with Gasteiger partial charge in [0.15, 0.2) is 0 Å². The molecule has 2 rings (SSSR count). The van der Waals surface area contributed by atoms with Crippen molar-refractivity contribution in [2.24, 2.45) is 0 Å². The highest BCUT2D eigenvalue weighted by atomic mass is 32.2. The van der Waals surface area contributed by atoms with Crippen molar-refractivity contribution >= 4 is 21.8 Å². The first-order chi connectivity index (χ1) is 10.9. The lowest BCUT2D eigenvalue weighted by Crippen LogP contribution is -2.50. The Morgan fingerprint density at radius 2 is 2.04 bits per heavy atom. The van der Waals surface area contributed by atoms with Gasteiger partial charge in [0.2, 0.25) is 0 Å². The van der Waals surface area contributed by atoms with E-state index in [-0.39, 0.29) is 10.4 Å². The number of thioether (sulfide) groups is 1. The van der Waals surface area contributed by atoms with Crippen LogP contribution in [0.1, 0.15) is 18.9 Å². The van der Waals surface area contributed by atoms with Gasteiger partial charge in [-0.2, -0.15) is 0 Å². The van der Waals surface area contributed by atoms with Crippen molar-refractivity contribution in [2.45, 2.75) is 36.7 Å². The number of benzene rings is 1. The molecule has 0 amide bonds. The van der Waals surface area contributed by atoms with E-state index in [2.05, 4.69) is 22.1 Å². The van der Waals surface area contributed by atoms with Gasteiger partial charge in [0.25, 0.3) is 10.0 Å². The molecule has 2 atom stereocenters. The smallest absolute Gasteiger partial charge is 0.253 e. The van der Waals surface area contributed by atoms with Crippen LogP contribution in [0.25, 0.3) is 0 Å². The standard InChI is InChI=1S/C15H25N3O3S2/c1-12-5-7-14(8-6-12)23(19,20)17-16-15-18(9-4-10-21-3)13(2)11-22-15/h5-8,13,15-17H,4,9-11H2,1-3H3. The van der Waals surface area contributed by atoms with Gasteiger partial charge >= 0.3 is 0 Å². The number of methoxy groups -OCH3 is 1. The third kappa shape index (κ3) is 5.17. The number of hydrazine groups is 1. The van der Waals surface area contributed by atoms with Crippen molar-refractivity contribution in [1.29, 1.82) is 0 Å². The number of hydrogen-bond donors (Lipinski definition) is 2. The zero-order valence-corrected chi connectivity index (χ0v) is 15.4. The lowest BCUT2D eigenvalue weighted by Gasteiger charge is -2.27. The van der Waals surface area contributed by atoms with E-state index in [1.807, 2.05) is 6.92 Å². The fourth-order valence-electron chi connectivity index (χ4n) is 2.41. The Hall–Kier alpha value is -0.640. The van der Waals surface area contributed by atoms with Gasteiger partial charge in [0, 0.05) is 32.1 Å². The van der Waals surface area contributed by atoms with Crippen molar-refractivity contribution in [3.63, 3.8) is 0 Å². The van der Waals surface area contributed by atoms with Crippen LogP contribution in [0.2, 0.25) is 0 Å². The van der Waals surface area contributed by atoms with Crippen molar-refractivity contribution in [3.05, 3.63) is 29.8 Å². The van der Waals surface area contributed by atoms with Crippen molar-refractivity contribution in [3.8, 4) is 0 Å². The third-order valence-corrected chi connectivity index (χ3v) is 6.43. The molecule has 2 unspecified atom stereocenters. The molecule has 1 aliphatic rings. The van der Waals surface area contributed by atoms with Gasteiger partial charge in [-0.05, 0) is 32.4 Å². The number of hydrogen-bond acceptors (Lipinski definition) is 6. The van der Waals surface area contributed by atoms with Gasteiger partial charge in [-0.15, -0.1) is 16.6 Å². The second-order valence-electron chi connectivity index (χ2n) is 5.68. The molecule has 1 aromatic rings. The SMILES string of the molecule is COCCCN1C(C)CSC1NNS(=O)(=O)c1ccc(C)cc1. The number of sulfonamides is 1. The second-order valence-corrected chi connectivity index (χ2v) is 8.48. The summed E-state index contributed by atoms with van der Waals surface area (Å²) in [5, 5.41) is 0. The molecule has 1 saturated heterocycles. The summed E-state index contributed by atoms with van der Waals surface area (Å²) in [6.45, 7) is 5.65. The average molecular weight is 360 g/mol. The van der Waals surface area contributed by atoms with Crippen LogP contribution in [0.5, 0.6) is 0 Å². The predicted molar refractivity (Wildman–Crippen MR) is 93.5 cm³/mol. The molecule has 8 heteroatoms. The summed E-state index contributed by atoms with van der Waals surface area (Å²) >= 11 is 1.70. The number of aryl methyl sites for hydroxylation is 1. The first-order valence-electron chi connectivity index (χ1n) is 7.64. The molecule has 0 bridgehead atoms. The summed E-state index contributed by atoms with van der Waals surface area (Å²) in [5.41, 5.74) is 3.91. The Balaban J connectivity index is 1.94. The fourth-order valence-corrected chi connectivity index (χ4v) is 4.66. The highest BCUT2D eigenvalue weighted by molar-refractivity contribution is 8.00. The van der Waals surface area contributed by atoms with Crippen LogP contribution in [-0.2, 0) is 14.8 Å². The van der Waals surface area contributed by atoms with Gasteiger partial charge < -0.3 is 4.74 Å². The van der Waals surface area contributed by atoms with Crippen LogP contribution in [0.3, 0.4) is 0 Å². The first kappa shape index (κ1) is 18.7. The van der Waals surface area contributed by atoms with Gasteiger partial charge in [0.05, 0.1) is 4.90 Å². The number of nitrogens with one attached hydrogen (secondary N) is 2. The molecule has 23 heavy (non-hydrogen) atoms. The molecule has 130 valence electrons. The van der Waals surface area contributed by atoms with E-state index in [9.17, 15) is 8.42 Å². The number of ether oxygens (including phenoxy) is 1. The van der Waals surface area contributed by atoms with Crippen LogP contribution in [0.4, 0.5) is 0 Å². The first-order valence-corrected chi connectivity index (χ1v) is 10.2. The predicted octanol–water partition coefficient (Wildman–Crippen LogP) is 1.54.